The summed E-state index contributed by atoms with van der Waals surface area (Å²) in [7, 11) is 0. The monoisotopic (exact) mass is 446 g/mol. The zero-order valence-corrected chi connectivity index (χ0v) is 18.1. The largest absolute Gasteiger partial charge is 0.368 e. The van der Waals surface area contributed by atoms with Crippen molar-refractivity contribution >= 4 is 23.4 Å². The van der Waals surface area contributed by atoms with Crippen LogP contribution in [0.15, 0.2) is 76.7 Å². The van der Waals surface area contributed by atoms with Gasteiger partial charge in [-0.1, -0.05) is 48.2 Å². The standard InChI is InChI=1S/C22H22N8OS/c31-20-15-17(16-32-22-25-26-27-30(22)19-9-5-2-6-10-19)23-21(24-20)29-13-11-28(12-14-29)18-7-3-1-4-8-18/h1-10,15H,11-14,16H2,(H,23,24,31). The Morgan fingerprint density at radius 3 is 2.25 bits per heavy atom. The molecule has 9 nitrogen and oxygen atoms in total. The van der Waals surface area contributed by atoms with E-state index in [1.165, 1.54) is 23.5 Å². The van der Waals surface area contributed by atoms with Crippen molar-refractivity contribution in [1.29, 1.82) is 0 Å². The van der Waals surface area contributed by atoms with E-state index in [1.54, 1.807) is 4.68 Å². The topological polar surface area (TPSA) is 95.8 Å². The van der Waals surface area contributed by atoms with Gasteiger partial charge in [0.25, 0.3) is 5.56 Å². The molecule has 10 heteroatoms. The smallest absolute Gasteiger partial charge is 0.252 e. The lowest BCUT2D eigenvalue weighted by Gasteiger charge is -2.36. The van der Waals surface area contributed by atoms with Gasteiger partial charge in [0, 0.05) is 43.7 Å². The van der Waals surface area contributed by atoms with Gasteiger partial charge >= 0.3 is 0 Å². The minimum Gasteiger partial charge on any atom is -0.368 e. The Bertz CT molecular complexity index is 1220. The Morgan fingerprint density at radius 2 is 1.53 bits per heavy atom. The number of hydrogen-bond acceptors (Lipinski definition) is 8. The molecule has 1 fully saturated rings. The lowest BCUT2D eigenvalue weighted by atomic mass is 10.2. The average Bonchev–Trinajstić information content (AvgIpc) is 3.32. The van der Waals surface area contributed by atoms with Crippen molar-refractivity contribution in [3.63, 3.8) is 0 Å². The summed E-state index contributed by atoms with van der Waals surface area (Å²) in [6.45, 7) is 3.33. The van der Waals surface area contributed by atoms with Gasteiger partial charge in [-0.05, 0) is 34.7 Å². The first-order valence-electron chi connectivity index (χ1n) is 10.4. The molecule has 32 heavy (non-hydrogen) atoms. The molecule has 3 heterocycles. The van der Waals surface area contributed by atoms with E-state index in [0.717, 1.165) is 31.9 Å². The highest BCUT2D eigenvalue weighted by Gasteiger charge is 2.19. The van der Waals surface area contributed by atoms with Crippen molar-refractivity contribution in [3.05, 3.63) is 82.8 Å². The fraction of sp³-hybridized carbons (Fsp3) is 0.227. The average molecular weight is 447 g/mol. The third-order valence-electron chi connectivity index (χ3n) is 5.27. The fourth-order valence-corrected chi connectivity index (χ4v) is 4.45. The van der Waals surface area contributed by atoms with Crippen LogP contribution in [-0.2, 0) is 5.75 Å². The van der Waals surface area contributed by atoms with E-state index in [9.17, 15) is 4.79 Å². The first-order chi connectivity index (χ1) is 15.8. The van der Waals surface area contributed by atoms with Gasteiger partial charge in [0.1, 0.15) is 0 Å². The molecule has 162 valence electrons. The molecular weight excluding hydrogens is 424 g/mol. The predicted molar refractivity (Wildman–Crippen MR) is 124 cm³/mol. The summed E-state index contributed by atoms with van der Waals surface area (Å²) < 4.78 is 1.68. The van der Waals surface area contributed by atoms with Crippen LogP contribution in [0.3, 0.4) is 0 Å². The van der Waals surface area contributed by atoms with E-state index in [1.807, 2.05) is 36.4 Å². The number of anilines is 2. The first-order valence-corrected chi connectivity index (χ1v) is 11.4. The number of hydrogen-bond donors (Lipinski definition) is 1. The predicted octanol–water partition coefficient (Wildman–Crippen LogP) is 2.36. The molecule has 0 radical (unpaired) electrons. The number of thioether (sulfide) groups is 1. The number of tetrazole rings is 1. The van der Waals surface area contributed by atoms with Crippen molar-refractivity contribution in [2.24, 2.45) is 0 Å². The third kappa shape index (κ3) is 4.50. The highest BCUT2D eigenvalue weighted by molar-refractivity contribution is 7.98. The molecular formula is C22H22N8OS. The number of nitrogens with one attached hydrogen (secondary N) is 1. The van der Waals surface area contributed by atoms with Crippen LogP contribution in [0.2, 0.25) is 0 Å². The zero-order valence-electron chi connectivity index (χ0n) is 17.3. The fourth-order valence-electron chi connectivity index (χ4n) is 3.67. The Labute approximate surface area is 189 Å². The van der Waals surface area contributed by atoms with Crippen LogP contribution in [-0.4, -0.2) is 56.4 Å². The van der Waals surface area contributed by atoms with Crippen LogP contribution >= 0.6 is 11.8 Å². The van der Waals surface area contributed by atoms with Gasteiger partial charge in [0.2, 0.25) is 11.1 Å². The van der Waals surface area contributed by atoms with Crippen molar-refractivity contribution in [3.8, 4) is 5.69 Å². The summed E-state index contributed by atoms with van der Waals surface area (Å²) in [5, 5.41) is 12.6. The number of nitrogens with zero attached hydrogens (tertiary/aromatic N) is 7. The Hall–Kier alpha value is -3.66. The van der Waals surface area contributed by atoms with E-state index in [-0.39, 0.29) is 5.56 Å². The summed E-state index contributed by atoms with van der Waals surface area (Å²) in [5.74, 6) is 1.11. The van der Waals surface area contributed by atoms with Gasteiger partial charge in [-0.3, -0.25) is 9.78 Å². The molecule has 0 saturated carbocycles. The number of H-pyrrole nitrogens is 1. The number of aromatic amines is 1. The van der Waals surface area contributed by atoms with E-state index in [4.69, 9.17) is 4.98 Å². The quantitative estimate of drug-likeness (QED) is 0.451. The number of rotatable bonds is 6. The van der Waals surface area contributed by atoms with Gasteiger partial charge in [0.05, 0.1) is 11.4 Å². The molecule has 0 atom stereocenters. The lowest BCUT2D eigenvalue weighted by Crippen LogP contribution is -2.47. The molecule has 0 amide bonds. The maximum atomic E-state index is 12.3. The van der Waals surface area contributed by atoms with E-state index in [0.29, 0.717) is 22.6 Å². The number of benzene rings is 2. The second-order valence-electron chi connectivity index (χ2n) is 7.37. The summed E-state index contributed by atoms with van der Waals surface area (Å²) >= 11 is 1.45. The van der Waals surface area contributed by atoms with E-state index >= 15 is 0 Å². The maximum Gasteiger partial charge on any atom is 0.252 e. The van der Waals surface area contributed by atoms with Gasteiger partial charge in [-0.25, -0.2) is 4.98 Å². The molecule has 4 aromatic rings. The molecule has 5 rings (SSSR count). The summed E-state index contributed by atoms with van der Waals surface area (Å²) in [5.41, 5.74) is 2.64. The van der Waals surface area contributed by atoms with Crippen LogP contribution in [0.1, 0.15) is 5.69 Å². The normalized spacial score (nSPS) is 14.0. The molecule has 1 aliphatic heterocycles. The molecule has 0 bridgehead atoms. The van der Waals surface area contributed by atoms with Gasteiger partial charge in [0.15, 0.2) is 0 Å². The van der Waals surface area contributed by atoms with Crippen molar-refractivity contribution in [1.82, 2.24) is 30.2 Å². The van der Waals surface area contributed by atoms with Crippen molar-refractivity contribution in [2.75, 3.05) is 36.0 Å². The van der Waals surface area contributed by atoms with Crippen molar-refractivity contribution in [2.45, 2.75) is 10.9 Å². The molecule has 0 spiro atoms. The highest BCUT2D eigenvalue weighted by atomic mass is 32.2. The molecule has 0 aliphatic carbocycles. The van der Waals surface area contributed by atoms with Crippen LogP contribution in [0.5, 0.6) is 0 Å². The minimum atomic E-state index is -0.154. The Balaban J connectivity index is 1.26. The van der Waals surface area contributed by atoms with Crippen LogP contribution in [0.25, 0.3) is 5.69 Å². The van der Waals surface area contributed by atoms with Crippen LogP contribution in [0, 0.1) is 0 Å². The van der Waals surface area contributed by atoms with Crippen LogP contribution < -0.4 is 15.4 Å². The second kappa shape index (κ2) is 9.23. The SMILES string of the molecule is O=c1cc(CSc2nnnn2-c2ccccc2)nc(N2CCN(c3ccccc3)CC2)[nH]1. The summed E-state index contributed by atoms with van der Waals surface area (Å²) in [6, 6.07) is 21.6. The van der Waals surface area contributed by atoms with Crippen LogP contribution in [0.4, 0.5) is 11.6 Å². The lowest BCUT2D eigenvalue weighted by molar-refractivity contribution is 0.638. The number of aromatic nitrogens is 6. The second-order valence-corrected chi connectivity index (χ2v) is 8.31. The molecule has 2 aromatic carbocycles. The van der Waals surface area contributed by atoms with Gasteiger partial charge < -0.3 is 9.80 Å². The van der Waals surface area contributed by atoms with E-state index in [2.05, 4.69) is 54.6 Å². The number of para-hydroxylation sites is 2. The van der Waals surface area contributed by atoms with E-state index < -0.39 is 0 Å². The third-order valence-corrected chi connectivity index (χ3v) is 6.23. The number of piperazine rings is 1. The Kier molecular flexibility index (Phi) is 5.84. The van der Waals surface area contributed by atoms with Crippen molar-refractivity contribution < 1.29 is 0 Å². The molecule has 1 aliphatic rings. The molecule has 1 saturated heterocycles. The highest BCUT2D eigenvalue weighted by Crippen LogP contribution is 2.22. The minimum absolute atomic E-state index is 0.154. The van der Waals surface area contributed by atoms with Gasteiger partial charge in [-0.15, -0.1) is 5.10 Å². The molecule has 0 unspecified atom stereocenters. The molecule has 1 N–H and O–H groups in total. The molecule has 2 aromatic heterocycles. The zero-order chi connectivity index (χ0) is 21.8. The summed E-state index contributed by atoms with van der Waals surface area (Å²) in [4.78, 5) is 24.4. The Morgan fingerprint density at radius 1 is 0.875 bits per heavy atom. The summed E-state index contributed by atoms with van der Waals surface area (Å²) in [6.07, 6.45) is 0. The maximum absolute atomic E-state index is 12.3. The van der Waals surface area contributed by atoms with Gasteiger partial charge in [-0.2, -0.15) is 4.68 Å². The first kappa shape index (κ1) is 20.3.